The number of nitrogens with zero attached hydrogens (tertiary/aromatic N) is 1. The molecule has 2 aromatic carbocycles. The van der Waals surface area contributed by atoms with Gasteiger partial charge in [-0.1, -0.05) is 24.3 Å². The van der Waals surface area contributed by atoms with Gasteiger partial charge in [-0.2, -0.15) is 0 Å². The van der Waals surface area contributed by atoms with Crippen molar-refractivity contribution in [1.29, 1.82) is 0 Å². The fourth-order valence-corrected chi connectivity index (χ4v) is 2.09. The van der Waals surface area contributed by atoms with Crippen LogP contribution >= 0.6 is 0 Å². The Labute approximate surface area is 99.1 Å². The Hall–Kier alpha value is -2.29. The molecule has 1 aromatic heterocycles. The summed E-state index contributed by atoms with van der Waals surface area (Å²) in [6, 6.07) is 12.2. The molecule has 0 radical (unpaired) electrons. The predicted octanol–water partition coefficient (Wildman–Crippen LogP) is 3.24. The molecule has 0 aliphatic rings. The van der Waals surface area contributed by atoms with Gasteiger partial charge in [0.05, 0.1) is 25.3 Å². The molecule has 3 aromatic rings. The highest BCUT2D eigenvalue weighted by molar-refractivity contribution is 5.99. The molecule has 1 N–H and O–H groups in total. The van der Waals surface area contributed by atoms with E-state index in [1.54, 1.807) is 13.4 Å². The highest BCUT2D eigenvalue weighted by Crippen LogP contribution is 2.33. The molecule has 3 rings (SSSR count). The molecule has 0 saturated heterocycles. The van der Waals surface area contributed by atoms with Crippen molar-refractivity contribution in [1.82, 2.24) is 9.97 Å². The van der Waals surface area contributed by atoms with Crippen LogP contribution in [-0.4, -0.2) is 17.1 Å². The van der Waals surface area contributed by atoms with Crippen LogP contribution in [0.1, 0.15) is 0 Å². The molecular formula is C14H12N2O. The highest BCUT2D eigenvalue weighted by atomic mass is 16.5. The van der Waals surface area contributed by atoms with Crippen LogP contribution in [0.4, 0.5) is 0 Å². The summed E-state index contributed by atoms with van der Waals surface area (Å²) in [5.74, 6) is 0.892. The van der Waals surface area contributed by atoms with Gasteiger partial charge in [-0.15, -0.1) is 0 Å². The molecule has 1 heterocycles. The predicted molar refractivity (Wildman–Crippen MR) is 68.1 cm³/mol. The maximum atomic E-state index is 5.37. The molecule has 3 nitrogen and oxygen atoms in total. The van der Waals surface area contributed by atoms with Crippen molar-refractivity contribution in [3.8, 4) is 17.0 Å². The molecule has 84 valence electrons. The van der Waals surface area contributed by atoms with E-state index in [-0.39, 0.29) is 0 Å². The largest absolute Gasteiger partial charge is 0.496 e. The fourth-order valence-electron chi connectivity index (χ4n) is 2.09. The molecule has 0 amide bonds. The van der Waals surface area contributed by atoms with Crippen molar-refractivity contribution in [3.63, 3.8) is 0 Å². The van der Waals surface area contributed by atoms with E-state index in [2.05, 4.69) is 28.2 Å². The maximum Gasteiger partial charge on any atom is 0.126 e. The molecule has 0 bridgehead atoms. The number of imidazole rings is 1. The zero-order chi connectivity index (χ0) is 11.7. The zero-order valence-electron chi connectivity index (χ0n) is 9.47. The maximum absolute atomic E-state index is 5.37. The highest BCUT2D eigenvalue weighted by Gasteiger charge is 2.08. The van der Waals surface area contributed by atoms with Crippen molar-refractivity contribution in [2.75, 3.05) is 7.11 Å². The van der Waals surface area contributed by atoms with Gasteiger partial charge < -0.3 is 9.72 Å². The minimum Gasteiger partial charge on any atom is -0.496 e. The number of H-pyrrole nitrogens is 1. The molecule has 0 spiro atoms. The average Bonchev–Trinajstić information content (AvgIpc) is 2.91. The summed E-state index contributed by atoms with van der Waals surface area (Å²) in [6.07, 6.45) is 3.52. The topological polar surface area (TPSA) is 37.9 Å². The summed E-state index contributed by atoms with van der Waals surface area (Å²) >= 11 is 0. The number of fused-ring (bicyclic) bond motifs is 1. The number of nitrogens with one attached hydrogen (secondary N) is 1. The second-order valence-corrected chi connectivity index (χ2v) is 3.83. The monoisotopic (exact) mass is 224 g/mol. The lowest BCUT2D eigenvalue weighted by Crippen LogP contribution is -1.87. The van der Waals surface area contributed by atoms with E-state index in [1.165, 1.54) is 0 Å². The normalized spacial score (nSPS) is 10.6. The lowest BCUT2D eigenvalue weighted by Gasteiger charge is -2.09. The summed E-state index contributed by atoms with van der Waals surface area (Å²) in [4.78, 5) is 7.19. The second kappa shape index (κ2) is 3.94. The van der Waals surface area contributed by atoms with E-state index in [0.29, 0.717) is 0 Å². The van der Waals surface area contributed by atoms with E-state index < -0.39 is 0 Å². The first-order chi connectivity index (χ1) is 8.40. The second-order valence-electron chi connectivity index (χ2n) is 3.83. The Morgan fingerprint density at radius 3 is 2.59 bits per heavy atom. The smallest absolute Gasteiger partial charge is 0.126 e. The molecule has 3 heteroatoms. The van der Waals surface area contributed by atoms with Gasteiger partial charge in [0.1, 0.15) is 5.75 Å². The number of ether oxygens (including phenoxy) is 1. The molecule has 0 aliphatic heterocycles. The van der Waals surface area contributed by atoms with Gasteiger partial charge in [0.15, 0.2) is 0 Å². The Morgan fingerprint density at radius 2 is 1.88 bits per heavy atom. The molecule has 0 aliphatic carbocycles. The van der Waals surface area contributed by atoms with E-state index in [4.69, 9.17) is 4.74 Å². The van der Waals surface area contributed by atoms with Crippen LogP contribution in [-0.2, 0) is 0 Å². The minimum absolute atomic E-state index is 0.892. The minimum atomic E-state index is 0.892. The lowest BCUT2D eigenvalue weighted by molar-refractivity contribution is 0.420. The molecule has 0 saturated carbocycles. The lowest BCUT2D eigenvalue weighted by atomic mass is 10.0. The SMILES string of the molecule is COc1ccc(-c2cnc[nH]2)c2ccccc12. The van der Waals surface area contributed by atoms with Crippen molar-refractivity contribution in [2.45, 2.75) is 0 Å². The van der Waals surface area contributed by atoms with E-state index in [9.17, 15) is 0 Å². The van der Waals surface area contributed by atoms with Gasteiger partial charge in [-0.05, 0) is 17.5 Å². The van der Waals surface area contributed by atoms with Gasteiger partial charge in [0, 0.05) is 10.9 Å². The van der Waals surface area contributed by atoms with Crippen LogP contribution in [0.2, 0.25) is 0 Å². The van der Waals surface area contributed by atoms with E-state index >= 15 is 0 Å². The standard InChI is InChI=1S/C14H12N2O/c1-17-14-7-6-11(13-8-15-9-16-13)10-4-2-3-5-12(10)14/h2-9H,1H3,(H,15,16). The molecule has 0 atom stereocenters. The summed E-state index contributed by atoms with van der Waals surface area (Å²) in [5, 5.41) is 2.28. The number of hydrogen-bond donors (Lipinski definition) is 1. The number of rotatable bonds is 2. The van der Waals surface area contributed by atoms with Crippen molar-refractivity contribution in [2.24, 2.45) is 0 Å². The number of methoxy groups -OCH3 is 1. The van der Waals surface area contributed by atoms with Crippen LogP contribution in [0.25, 0.3) is 22.0 Å². The van der Waals surface area contributed by atoms with Crippen LogP contribution in [0.15, 0.2) is 48.9 Å². The summed E-state index contributed by atoms with van der Waals surface area (Å²) in [5.41, 5.74) is 2.16. The van der Waals surface area contributed by atoms with E-state index in [1.807, 2.05) is 24.4 Å². The summed E-state index contributed by atoms with van der Waals surface area (Å²) in [6.45, 7) is 0. The van der Waals surface area contributed by atoms with Gasteiger partial charge >= 0.3 is 0 Å². The third-order valence-corrected chi connectivity index (χ3v) is 2.89. The van der Waals surface area contributed by atoms with Crippen LogP contribution < -0.4 is 4.74 Å². The average molecular weight is 224 g/mol. The fraction of sp³-hybridized carbons (Fsp3) is 0.0714. The molecular weight excluding hydrogens is 212 g/mol. The third kappa shape index (κ3) is 1.56. The zero-order valence-corrected chi connectivity index (χ0v) is 9.47. The van der Waals surface area contributed by atoms with Crippen molar-refractivity contribution < 1.29 is 4.74 Å². The molecule has 17 heavy (non-hydrogen) atoms. The Morgan fingerprint density at radius 1 is 1.06 bits per heavy atom. The van der Waals surface area contributed by atoms with Crippen LogP contribution in [0, 0.1) is 0 Å². The molecule has 0 fully saturated rings. The van der Waals surface area contributed by atoms with Crippen molar-refractivity contribution >= 4 is 10.8 Å². The van der Waals surface area contributed by atoms with Gasteiger partial charge in [0.2, 0.25) is 0 Å². The first-order valence-corrected chi connectivity index (χ1v) is 5.44. The Balaban J connectivity index is 2.34. The number of benzene rings is 2. The number of aromatic nitrogens is 2. The van der Waals surface area contributed by atoms with Gasteiger partial charge in [-0.25, -0.2) is 4.98 Å². The quantitative estimate of drug-likeness (QED) is 0.725. The van der Waals surface area contributed by atoms with Gasteiger partial charge in [-0.3, -0.25) is 0 Å². The van der Waals surface area contributed by atoms with E-state index in [0.717, 1.165) is 27.8 Å². The summed E-state index contributed by atoms with van der Waals surface area (Å²) in [7, 11) is 1.69. The first-order valence-electron chi connectivity index (χ1n) is 5.44. The Kier molecular flexibility index (Phi) is 2.29. The third-order valence-electron chi connectivity index (χ3n) is 2.89. The van der Waals surface area contributed by atoms with Crippen molar-refractivity contribution in [3.05, 3.63) is 48.9 Å². The summed E-state index contributed by atoms with van der Waals surface area (Å²) < 4.78 is 5.37. The van der Waals surface area contributed by atoms with Crippen LogP contribution in [0.5, 0.6) is 5.75 Å². The number of aromatic amines is 1. The first kappa shape index (κ1) is 9.90. The number of hydrogen-bond acceptors (Lipinski definition) is 2. The molecule has 0 unspecified atom stereocenters. The van der Waals surface area contributed by atoms with Gasteiger partial charge in [0.25, 0.3) is 0 Å². The Bertz CT molecular complexity index is 644. The van der Waals surface area contributed by atoms with Crippen LogP contribution in [0.3, 0.4) is 0 Å².